The molecule has 2 aromatic heterocycles. The highest BCUT2D eigenvalue weighted by molar-refractivity contribution is 7.14. The number of carbonyl (C=O) groups is 3. The molecular weight excluding hydrogens is 377 g/mol. The van der Waals surface area contributed by atoms with Crippen molar-refractivity contribution in [2.75, 3.05) is 5.32 Å². The quantitative estimate of drug-likeness (QED) is 0.728. The van der Waals surface area contributed by atoms with Crippen LogP contribution in [0.15, 0.2) is 23.7 Å². The van der Waals surface area contributed by atoms with Crippen molar-refractivity contribution in [3.05, 3.63) is 35.0 Å². The monoisotopic (exact) mass is 390 g/mol. The maximum Gasteiger partial charge on any atom is 0.435 e. The maximum absolute atomic E-state index is 12.4. The van der Waals surface area contributed by atoms with E-state index in [0.29, 0.717) is 6.07 Å². The number of primary amides is 1. The molecule has 0 aromatic carbocycles. The van der Waals surface area contributed by atoms with Gasteiger partial charge in [-0.2, -0.15) is 18.3 Å². The number of nitrogens with two attached hydrogens (primary N) is 1. The molecule has 0 radical (unpaired) electrons. The Hall–Kier alpha value is -2.89. The molecule has 26 heavy (non-hydrogen) atoms. The Balaban J connectivity index is 1.92. The number of amides is 2. The molecule has 12 heteroatoms. The number of alkyl halides is 3. The highest BCUT2D eigenvalue weighted by Crippen LogP contribution is 2.27. The fraction of sp³-hybridized carbons (Fsp3) is 0.286. The van der Waals surface area contributed by atoms with Gasteiger partial charge >= 0.3 is 12.1 Å². The number of thiophene rings is 1. The van der Waals surface area contributed by atoms with E-state index in [1.165, 1.54) is 13.0 Å². The van der Waals surface area contributed by atoms with Crippen LogP contribution in [0.1, 0.15) is 23.0 Å². The van der Waals surface area contributed by atoms with Crippen molar-refractivity contribution in [2.24, 2.45) is 5.73 Å². The van der Waals surface area contributed by atoms with Crippen LogP contribution in [0.4, 0.5) is 18.2 Å². The van der Waals surface area contributed by atoms with E-state index in [2.05, 4.69) is 10.4 Å². The van der Waals surface area contributed by atoms with Gasteiger partial charge in [-0.3, -0.25) is 19.1 Å². The molecule has 2 heterocycles. The Bertz CT molecular complexity index is 830. The van der Waals surface area contributed by atoms with Gasteiger partial charge in [0.2, 0.25) is 0 Å². The molecule has 140 valence electrons. The first-order valence-electron chi connectivity index (χ1n) is 7.06. The van der Waals surface area contributed by atoms with Crippen LogP contribution in [0.2, 0.25) is 0 Å². The van der Waals surface area contributed by atoms with Crippen molar-refractivity contribution in [1.29, 1.82) is 0 Å². The predicted molar refractivity (Wildman–Crippen MR) is 84.2 cm³/mol. The second-order valence-electron chi connectivity index (χ2n) is 5.05. The lowest BCUT2D eigenvalue weighted by Gasteiger charge is -2.13. The smallest absolute Gasteiger partial charge is 0.435 e. The highest BCUT2D eigenvalue weighted by Gasteiger charge is 2.33. The lowest BCUT2D eigenvalue weighted by Crippen LogP contribution is -2.31. The van der Waals surface area contributed by atoms with E-state index in [-0.39, 0.29) is 10.6 Å². The number of ether oxygens (including phenoxy) is 1. The third-order valence-electron chi connectivity index (χ3n) is 3.07. The molecule has 0 fully saturated rings. The van der Waals surface area contributed by atoms with E-state index in [0.717, 1.165) is 22.2 Å². The van der Waals surface area contributed by atoms with E-state index in [9.17, 15) is 27.6 Å². The van der Waals surface area contributed by atoms with Crippen LogP contribution in [-0.4, -0.2) is 33.7 Å². The summed E-state index contributed by atoms with van der Waals surface area (Å²) in [4.78, 5) is 34.9. The van der Waals surface area contributed by atoms with Crippen LogP contribution in [-0.2, 0) is 27.0 Å². The number of rotatable bonds is 6. The highest BCUT2D eigenvalue weighted by atomic mass is 32.1. The van der Waals surface area contributed by atoms with E-state index in [4.69, 9.17) is 10.5 Å². The second-order valence-corrected chi connectivity index (χ2v) is 5.96. The van der Waals surface area contributed by atoms with Gasteiger partial charge in [-0.1, -0.05) is 0 Å². The van der Waals surface area contributed by atoms with E-state index in [1.54, 1.807) is 5.38 Å². The number of anilines is 1. The molecule has 0 saturated heterocycles. The number of carbonyl (C=O) groups excluding carboxylic acids is 3. The summed E-state index contributed by atoms with van der Waals surface area (Å²) < 4.78 is 42.9. The first-order valence-corrected chi connectivity index (χ1v) is 7.94. The Labute approximate surface area is 148 Å². The van der Waals surface area contributed by atoms with E-state index < -0.39 is 42.3 Å². The molecule has 2 aromatic rings. The van der Waals surface area contributed by atoms with Crippen LogP contribution in [0.3, 0.4) is 0 Å². The number of esters is 1. The molecule has 1 atom stereocenters. The zero-order chi connectivity index (χ0) is 19.5. The summed E-state index contributed by atoms with van der Waals surface area (Å²) in [6.07, 6.45) is -4.90. The fourth-order valence-electron chi connectivity index (χ4n) is 1.83. The molecule has 0 aliphatic heterocycles. The van der Waals surface area contributed by atoms with Crippen molar-refractivity contribution < 1.29 is 32.3 Å². The van der Waals surface area contributed by atoms with Gasteiger partial charge in [-0.05, 0) is 24.4 Å². The summed E-state index contributed by atoms with van der Waals surface area (Å²) in [5.41, 5.74) is 4.12. The van der Waals surface area contributed by atoms with Gasteiger partial charge in [-0.25, -0.2) is 0 Å². The first-order chi connectivity index (χ1) is 12.1. The summed E-state index contributed by atoms with van der Waals surface area (Å²) in [5, 5.41) is 7.35. The average Bonchev–Trinajstić information content (AvgIpc) is 3.15. The summed E-state index contributed by atoms with van der Waals surface area (Å²) in [7, 11) is 0. The number of hydrogen-bond donors (Lipinski definition) is 2. The molecule has 0 aliphatic carbocycles. The van der Waals surface area contributed by atoms with Gasteiger partial charge in [0.05, 0.1) is 5.56 Å². The lowest BCUT2D eigenvalue weighted by atomic mass is 10.3. The van der Waals surface area contributed by atoms with Crippen molar-refractivity contribution >= 4 is 34.1 Å². The van der Waals surface area contributed by atoms with Crippen molar-refractivity contribution in [2.45, 2.75) is 25.7 Å². The Morgan fingerprint density at radius 1 is 1.38 bits per heavy atom. The first kappa shape index (κ1) is 19.4. The molecule has 0 bridgehead atoms. The Morgan fingerprint density at radius 2 is 2.08 bits per heavy atom. The third-order valence-corrected chi connectivity index (χ3v) is 3.90. The predicted octanol–water partition coefficient (Wildman–Crippen LogP) is 1.63. The van der Waals surface area contributed by atoms with Gasteiger partial charge in [0.15, 0.2) is 11.8 Å². The summed E-state index contributed by atoms with van der Waals surface area (Å²) in [6.45, 7) is 0.675. The average molecular weight is 390 g/mol. The number of halogens is 3. The summed E-state index contributed by atoms with van der Waals surface area (Å²) >= 11 is 1.06. The molecule has 2 amide bonds. The molecule has 1 unspecified atom stereocenters. The zero-order valence-corrected chi connectivity index (χ0v) is 14.1. The minimum atomic E-state index is -4.62. The molecule has 0 saturated carbocycles. The van der Waals surface area contributed by atoms with Gasteiger partial charge in [-0.15, -0.1) is 11.3 Å². The third kappa shape index (κ3) is 4.81. The lowest BCUT2D eigenvalue weighted by molar-refractivity contribution is -0.154. The van der Waals surface area contributed by atoms with Gasteiger partial charge in [0.25, 0.3) is 11.8 Å². The van der Waals surface area contributed by atoms with E-state index in [1.807, 2.05) is 0 Å². The summed E-state index contributed by atoms with van der Waals surface area (Å²) in [6, 6.07) is 2.14. The number of nitrogens with zero attached hydrogens (tertiary/aromatic N) is 2. The molecule has 8 nitrogen and oxygen atoms in total. The number of hydrogen-bond acceptors (Lipinski definition) is 6. The van der Waals surface area contributed by atoms with Gasteiger partial charge in [0.1, 0.15) is 11.5 Å². The topological polar surface area (TPSA) is 116 Å². The Morgan fingerprint density at radius 3 is 2.65 bits per heavy atom. The number of nitrogens with one attached hydrogen (secondary N) is 1. The van der Waals surface area contributed by atoms with Crippen LogP contribution in [0.25, 0.3) is 0 Å². The minimum Gasteiger partial charge on any atom is -0.451 e. The molecular formula is C14H13F3N4O4S. The molecule has 0 spiro atoms. The van der Waals surface area contributed by atoms with E-state index >= 15 is 0 Å². The van der Waals surface area contributed by atoms with Crippen LogP contribution < -0.4 is 11.1 Å². The molecule has 2 rings (SSSR count). The summed E-state index contributed by atoms with van der Waals surface area (Å²) in [5.74, 6) is -2.41. The van der Waals surface area contributed by atoms with Crippen molar-refractivity contribution in [3.8, 4) is 0 Å². The van der Waals surface area contributed by atoms with Crippen LogP contribution in [0, 0.1) is 0 Å². The SMILES string of the molecule is CC(OC(=O)Cn1ccc(C(F)(F)F)n1)C(=O)Nc1sccc1C(N)=O. The minimum absolute atomic E-state index is 0.109. The van der Waals surface area contributed by atoms with Crippen LogP contribution >= 0.6 is 11.3 Å². The van der Waals surface area contributed by atoms with Crippen LogP contribution in [0.5, 0.6) is 0 Å². The van der Waals surface area contributed by atoms with Crippen molar-refractivity contribution in [3.63, 3.8) is 0 Å². The van der Waals surface area contributed by atoms with Crippen molar-refractivity contribution in [1.82, 2.24) is 9.78 Å². The Kier molecular flexibility index (Phi) is 5.65. The standard InChI is InChI=1S/C14H13F3N4O4S/c1-7(12(24)19-13-8(11(18)23)3-5-26-13)25-10(22)6-21-4-2-9(20-21)14(15,16)17/h2-5,7H,6H2,1H3,(H2,18,23)(H,19,24). The zero-order valence-electron chi connectivity index (χ0n) is 13.2. The normalized spacial score (nSPS) is 12.5. The largest absolute Gasteiger partial charge is 0.451 e. The second kappa shape index (κ2) is 7.56. The van der Waals surface area contributed by atoms with Gasteiger partial charge < -0.3 is 15.8 Å². The molecule has 3 N–H and O–H groups in total. The number of aromatic nitrogens is 2. The maximum atomic E-state index is 12.4. The molecule has 0 aliphatic rings. The van der Waals surface area contributed by atoms with Gasteiger partial charge in [0, 0.05) is 6.20 Å². The fourth-order valence-corrected chi connectivity index (χ4v) is 2.63.